The Kier molecular flexibility index (Phi) is 4.48. The first kappa shape index (κ1) is 13.9. The zero-order valence-electron chi connectivity index (χ0n) is 12.8. The van der Waals surface area contributed by atoms with Crippen LogP contribution in [-0.2, 0) is 0 Å². The molecule has 1 spiro atoms. The summed E-state index contributed by atoms with van der Waals surface area (Å²) < 4.78 is 0. The molecule has 1 aliphatic heterocycles. The molecule has 2 aliphatic carbocycles. The van der Waals surface area contributed by atoms with E-state index in [1.165, 1.54) is 83.8 Å². The largest absolute Gasteiger partial charge is 0.308 e. The van der Waals surface area contributed by atoms with E-state index in [1.54, 1.807) is 0 Å². The van der Waals surface area contributed by atoms with Crippen molar-refractivity contribution in [2.75, 3.05) is 19.6 Å². The molecule has 2 nitrogen and oxygen atoms in total. The number of nitrogens with one attached hydrogen (secondary N) is 1. The summed E-state index contributed by atoms with van der Waals surface area (Å²) in [5.41, 5.74) is 0.496. The van der Waals surface area contributed by atoms with E-state index in [2.05, 4.69) is 17.1 Å². The predicted molar refractivity (Wildman–Crippen MR) is 81.4 cm³/mol. The molecule has 3 fully saturated rings. The minimum atomic E-state index is 0.496. The molecule has 0 aromatic heterocycles. The highest BCUT2D eigenvalue weighted by atomic mass is 15.3. The third kappa shape index (κ3) is 3.33. The van der Waals surface area contributed by atoms with Crippen LogP contribution in [0.15, 0.2) is 0 Å². The SMILES string of the molecule is CCCCCN1CC2(CCCCC2)NCC1C1CC1. The molecule has 1 unspecified atom stereocenters. The molecule has 19 heavy (non-hydrogen) atoms. The Bertz CT molecular complexity index is 279. The van der Waals surface area contributed by atoms with E-state index in [1.807, 2.05) is 0 Å². The molecular formula is C17H32N2. The first-order valence-electron chi connectivity index (χ1n) is 8.82. The smallest absolute Gasteiger partial charge is 0.0309 e. The van der Waals surface area contributed by atoms with Crippen LogP contribution >= 0.6 is 0 Å². The van der Waals surface area contributed by atoms with Crippen molar-refractivity contribution in [1.82, 2.24) is 10.2 Å². The monoisotopic (exact) mass is 264 g/mol. The lowest BCUT2D eigenvalue weighted by Crippen LogP contribution is -2.65. The normalized spacial score (nSPS) is 31.7. The van der Waals surface area contributed by atoms with E-state index in [9.17, 15) is 0 Å². The Balaban J connectivity index is 1.60. The summed E-state index contributed by atoms with van der Waals surface area (Å²) in [6.07, 6.45) is 14.4. The standard InChI is InChI=1S/C17H32N2/c1-2-3-7-12-19-14-17(10-5-4-6-11-17)18-13-16(19)15-8-9-15/h15-16,18H,2-14H2,1H3. The lowest BCUT2D eigenvalue weighted by molar-refractivity contribution is 0.0454. The van der Waals surface area contributed by atoms with Gasteiger partial charge in [-0.05, 0) is 44.6 Å². The van der Waals surface area contributed by atoms with Gasteiger partial charge in [0.25, 0.3) is 0 Å². The number of piperazine rings is 1. The number of hydrogen-bond acceptors (Lipinski definition) is 2. The first-order chi connectivity index (χ1) is 9.33. The lowest BCUT2D eigenvalue weighted by Gasteiger charge is -2.50. The Hall–Kier alpha value is -0.0800. The van der Waals surface area contributed by atoms with Crippen molar-refractivity contribution in [3.63, 3.8) is 0 Å². The van der Waals surface area contributed by atoms with Crippen molar-refractivity contribution in [3.05, 3.63) is 0 Å². The number of nitrogens with zero attached hydrogens (tertiary/aromatic N) is 1. The van der Waals surface area contributed by atoms with Crippen LogP contribution in [0.4, 0.5) is 0 Å². The fraction of sp³-hybridized carbons (Fsp3) is 1.00. The van der Waals surface area contributed by atoms with Crippen LogP contribution in [0.3, 0.4) is 0 Å². The molecule has 1 N–H and O–H groups in total. The molecule has 110 valence electrons. The molecule has 0 amide bonds. The molecule has 1 heterocycles. The van der Waals surface area contributed by atoms with Crippen molar-refractivity contribution in [2.45, 2.75) is 82.7 Å². The predicted octanol–water partition coefficient (Wildman–Crippen LogP) is 3.56. The summed E-state index contributed by atoms with van der Waals surface area (Å²) in [5.74, 6) is 1.02. The van der Waals surface area contributed by atoms with E-state index in [0.717, 1.165) is 12.0 Å². The van der Waals surface area contributed by atoms with Gasteiger partial charge >= 0.3 is 0 Å². The zero-order valence-corrected chi connectivity index (χ0v) is 12.8. The Labute approximate surface area is 119 Å². The Morgan fingerprint density at radius 2 is 1.89 bits per heavy atom. The maximum atomic E-state index is 3.98. The summed E-state index contributed by atoms with van der Waals surface area (Å²) in [7, 11) is 0. The van der Waals surface area contributed by atoms with Gasteiger partial charge < -0.3 is 5.32 Å². The minimum Gasteiger partial charge on any atom is -0.308 e. The second-order valence-electron chi connectivity index (χ2n) is 7.30. The van der Waals surface area contributed by atoms with Crippen molar-refractivity contribution in [1.29, 1.82) is 0 Å². The van der Waals surface area contributed by atoms with Gasteiger partial charge in [0.1, 0.15) is 0 Å². The molecule has 3 aliphatic rings. The van der Waals surface area contributed by atoms with E-state index < -0.39 is 0 Å². The lowest BCUT2D eigenvalue weighted by atomic mass is 9.79. The van der Waals surface area contributed by atoms with Gasteiger partial charge in [-0.25, -0.2) is 0 Å². The van der Waals surface area contributed by atoms with Crippen molar-refractivity contribution < 1.29 is 0 Å². The summed E-state index contributed by atoms with van der Waals surface area (Å²) in [6, 6.07) is 0.865. The van der Waals surface area contributed by atoms with Gasteiger partial charge in [0.15, 0.2) is 0 Å². The number of unbranched alkanes of at least 4 members (excludes halogenated alkanes) is 2. The summed E-state index contributed by atoms with van der Waals surface area (Å²) in [4.78, 5) is 2.88. The average Bonchev–Trinajstić information content (AvgIpc) is 3.25. The van der Waals surface area contributed by atoms with Crippen LogP contribution in [0.5, 0.6) is 0 Å². The molecule has 2 saturated carbocycles. The van der Waals surface area contributed by atoms with Gasteiger partial charge in [-0.1, -0.05) is 39.0 Å². The minimum absolute atomic E-state index is 0.496. The molecule has 1 atom stereocenters. The Morgan fingerprint density at radius 3 is 2.58 bits per heavy atom. The third-order valence-corrected chi connectivity index (χ3v) is 5.69. The first-order valence-corrected chi connectivity index (χ1v) is 8.82. The van der Waals surface area contributed by atoms with E-state index in [4.69, 9.17) is 0 Å². The van der Waals surface area contributed by atoms with Crippen molar-refractivity contribution >= 4 is 0 Å². The molecule has 3 rings (SSSR count). The summed E-state index contributed by atoms with van der Waals surface area (Å²) in [6.45, 7) is 6.30. The fourth-order valence-electron chi connectivity index (χ4n) is 4.33. The van der Waals surface area contributed by atoms with Crippen LogP contribution in [0, 0.1) is 5.92 Å². The average molecular weight is 264 g/mol. The maximum Gasteiger partial charge on any atom is 0.0309 e. The van der Waals surface area contributed by atoms with E-state index >= 15 is 0 Å². The van der Waals surface area contributed by atoms with Gasteiger partial charge in [0.05, 0.1) is 0 Å². The third-order valence-electron chi connectivity index (χ3n) is 5.69. The number of hydrogen-bond donors (Lipinski definition) is 1. The molecule has 0 aromatic carbocycles. The van der Waals surface area contributed by atoms with Gasteiger partial charge in [-0.2, -0.15) is 0 Å². The highest BCUT2D eigenvalue weighted by molar-refractivity contribution is 5.03. The van der Waals surface area contributed by atoms with Crippen LogP contribution < -0.4 is 5.32 Å². The quantitative estimate of drug-likeness (QED) is 0.764. The molecule has 2 heteroatoms. The van der Waals surface area contributed by atoms with Crippen LogP contribution in [-0.4, -0.2) is 36.1 Å². The maximum absolute atomic E-state index is 3.98. The van der Waals surface area contributed by atoms with Gasteiger partial charge in [0, 0.05) is 24.7 Å². The molecule has 0 radical (unpaired) electrons. The van der Waals surface area contributed by atoms with Gasteiger partial charge in [-0.3, -0.25) is 4.90 Å². The van der Waals surface area contributed by atoms with Crippen molar-refractivity contribution in [2.24, 2.45) is 5.92 Å². The molecule has 1 saturated heterocycles. The van der Waals surface area contributed by atoms with Gasteiger partial charge in [-0.15, -0.1) is 0 Å². The van der Waals surface area contributed by atoms with Crippen LogP contribution in [0.2, 0.25) is 0 Å². The van der Waals surface area contributed by atoms with Crippen LogP contribution in [0.1, 0.15) is 71.1 Å². The second kappa shape index (κ2) is 6.13. The zero-order chi connectivity index (χ0) is 13.1. The highest BCUT2D eigenvalue weighted by Gasteiger charge is 2.44. The molecule has 0 bridgehead atoms. The molecule has 0 aromatic rings. The van der Waals surface area contributed by atoms with E-state index in [0.29, 0.717) is 5.54 Å². The van der Waals surface area contributed by atoms with Crippen LogP contribution in [0.25, 0.3) is 0 Å². The van der Waals surface area contributed by atoms with E-state index in [-0.39, 0.29) is 0 Å². The second-order valence-corrected chi connectivity index (χ2v) is 7.30. The van der Waals surface area contributed by atoms with Crippen molar-refractivity contribution in [3.8, 4) is 0 Å². The summed E-state index contributed by atoms with van der Waals surface area (Å²) in [5, 5.41) is 3.98. The number of rotatable bonds is 5. The summed E-state index contributed by atoms with van der Waals surface area (Å²) >= 11 is 0. The van der Waals surface area contributed by atoms with Gasteiger partial charge in [0.2, 0.25) is 0 Å². The Morgan fingerprint density at radius 1 is 1.11 bits per heavy atom. The highest BCUT2D eigenvalue weighted by Crippen LogP contribution is 2.40. The topological polar surface area (TPSA) is 15.3 Å². The molecular weight excluding hydrogens is 232 g/mol. The fourth-order valence-corrected chi connectivity index (χ4v) is 4.33.